The van der Waals surface area contributed by atoms with Gasteiger partial charge in [0.15, 0.2) is 0 Å². The first-order chi connectivity index (χ1) is 8.54. The highest BCUT2D eigenvalue weighted by atomic mass is 35.5. The number of aliphatic hydroxyl groups is 1. The molecule has 0 spiro atoms. The molecule has 1 aromatic carbocycles. The smallest absolute Gasteiger partial charge is 0.0907 e. The third-order valence-electron chi connectivity index (χ3n) is 2.40. The van der Waals surface area contributed by atoms with E-state index in [4.69, 9.17) is 51.5 Å². The summed E-state index contributed by atoms with van der Waals surface area (Å²) >= 11 is 24.1. The molecule has 1 heterocycles. The molecule has 0 aliphatic heterocycles. The number of pyridine rings is 1. The predicted molar refractivity (Wildman–Crippen MR) is 75.6 cm³/mol. The Balaban J connectivity index is 2.66. The molecule has 0 aliphatic carbocycles. The summed E-state index contributed by atoms with van der Waals surface area (Å²) in [5.74, 6) is 0. The summed E-state index contributed by atoms with van der Waals surface area (Å²) < 4.78 is 0. The molecule has 6 heteroatoms. The topological polar surface area (TPSA) is 33.1 Å². The van der Waals surface area contributed by atoms with Gasteiger partial charge in [0.2, 0.25) is 0 Å². The fourth-order valence-electron chi connectivity index (χ4n) is 1.50. The molecule has 94 valence electrons. The lowest BCUT2D eigenvalue weighted by Gasteiger charge is -2.09. The van der Waals surface area contributed by atoms with Crippen molar-refractivity contribution in [2.45, 2.75) is 6.61 Å². The average molecular weight is 323 g/mol. The molecule has 18 heavy (non-hydrogen) atoms. The van der Waals surface area contributed by atoms with Crippen molar-refractivity contribution >= 4 is 46.4 Å². The van der Waals surface area contributed by atoms with Crippen LogP contribution in [0.3, 0.4) is 0 Å². The van der Waals surface area contributed by atoms with Crippen LogP contribution in [-0.4, -0.2) is 10.1 Å². The minimum absolute atomic E-state index is 0.173. The first-order valence-electron chi connectivity index (χ1n) is 4.93. The predicted octanol–water partition coefficient (Wildman–Crippen LogP) is 4.85. The van der Waals surface area contributed by atoms with E-state index in [1.54, 1.807) is 18.3 Å². The molecule has 2 aromatic rings. The maximum absolute atomic E-state index is 9.17. The SMILES string of the molecule is OCc1ccnc(-c2cc(Cl)c(Cl)cc2Cl)c1Cl. The molecule has 0 aliphatic rings. The van der Waals surface area contributed by atoms with Crippen molar-refractivity contribution in [3.8, 4) is 11.3 Å². The number of nitrogens with zero attached hydrogens (tertiary/aromatic N) is 1. The van der Waals surface area contributed by atoms with E-state index in [9.17, 15) is 0 Å². The highest BCUT2D eigenvalue weighted by molar-refractivity contribution is 6.44. The van der Waals surface area contributed by atoms with Crippen LogP contribution in [0.1, 0.15) is 5.56 Å². The maximum atomic E-state index is 9.17. The zero-order valence-electron chi connectivity index (χ0n) is 8.92. The Bertz CT molecular complexity index is 601. The summed E-state index contributed by atoms with van der Waals surface area (Å²) in [4.78, 5) is 4.16. The van der Waals surface area contributed by atoms with Gasteiger partial charge < -0.3 is 5.11 Å². The number of hydrogen-bond acceptors (Lipinski definition) is 2. The van der Waals surface area contributed by atoms with Crippen LogP contribution < -0.4 is 0 Å². The van der Waals surface area contributed by atoms with Crippen molar-refractivity contribution in [3.63, 3.8) is 0 Å². The third kappa shape index (κ3) is 2.58. The molecular formula is C12H7Cl4NO. The lowest BCUT2D eigenvalue weighted by atomic mass is 10.1. The van der Waals surface area contributed by atoms with Crippen LogP contribution in [0.4, 0.5) is 0 Å². The van der Waals surface area contributed by atoms with Crippen LogP contribution in [0, 0.1) is 0 Å². The lowest BCUT2D eigenvalue weighted by molar-refractivity contribution is 0.282. The van der Waals surface area contributed by atoms with Crippen LogP contribution in [0.25, 0.3) is 11.3 Å². The Labute approximate surface area is 124 Å². The average Bonchev–Trinajstić information content (AvgIpc) is 2.34. The third-order valence-corrected chi connectivity index (χ3v) is 3.86. The van der Waals surface area contributed by atoms with E-state index in [1.165, 1.54) is 6.07 Å². The van der Waals surface area contributed by atoms with E-state index in [0.29, 0.717) is 36.9 Å². The largest absolute Gasteiger partial charge is 0.392 e. The second-order valence-electron chi connectivity index (χ2n) is 3.54. The monoisotopic (exact) mass is 321 g/mol. The maximum Gasteiger partial charge on any atom is 0.0907 e. The van der Waals surface area contributed by atoms with Gasteiger partial charge >= 0.3 is 0 Å². The van der Waals surface area contributed by atoms with Gasteiger partial charge in [0.05, 0.1) is 32.4 Å². The molecule has 0 radical (unpaired) electrons. The minimum Gasteiger partial charge on any atom is -0.392 e. The van der Waals surface area contributed by atoms with Crippen molar-refractivity contribution in [2.75, 3.05) is 0 Å². The van der Waals surface area contributed by atoms with E-state index >= 15 is 0 Å². The molecule has 1 N–H and O–H groups in total. The molecule has 1 aromatic heterocycles. The number of hydrogen-bond donors (Lipinski definition) is 1. The van der Waals surface area contributed by atoms with Gasteiger partial charge in [-0.15, -0.1) is 0 Å². The van der Waals surface area contributed by atoms with Crippen LogP contribution in [0.2, 0.25) is 20.1 Å². The van der Waals surface area contributed by atoms with Gasteiger partial charge in [-0.3, -0.25) is 4.98 Å². The Morgan fingerprint density at radius 2 is 1.67 bits per heavy atom. The molecule has 0 fully saturated rings. The quantitative estimate of drug-likeness (QED) is 0.801. The van der Waals surface area contributed by atoms with Crippen molar-refractivity contribution in [3.05, 3.63) is 50.0 Å². The molecule has 0 atom stereocenters. The lowest BCUT2D eigenvalue weighted by Crippen LogP contribution is -1.92. The van der Waals surface area contributed by atoms with E-state index in [1.807, 2.05) is 0 Å². The van der Waals surface area contributed by atoms with Gasteiger partial charge in [-0.2, -0.15) is 0 Å². The van der Waals surface area contributed by atoms with Crippen molar-refractivity contribution in [1.82, 2.24) is 4.98 Å². The number of rotatable bonds is 2. The summed E-state index contributed by atoms with van der Waals surface area (Å²) in [5.41, 5.74) is 1.61. The summed E-state index contributed by atoms with van der Waals surface area (Å²) in [6.45, 7) is -0.173. The molecule has 0 saturated carbocycles. The van der Waals surface area contributed by atoms with Gasteiger partial charge in [0.25, 0.3) is 0 Å². The Morgan fingerprint density at radius 1 is 1.00 bits per heavy atom. The second-order valence-corrected chi connectivity index (χ2v) is 5.14. The fourth-order valence-corrected chi connectivity index (χ4v) is 2.41. The molecular weight excluding hydrogens is 316 g/mol. The minimum atomic E-state index is -0.173. The molecule has 0 saturated heterocycles. The first-order valence-corrected chi connectivity index (χ1v) is 6.45. The number of aliphatic hydroxyl groups excluding tert-OH is 1. The van der Waals surface area contributed by atoms with E-state index in [0.717, 1.165) is 0 Å². The molecule has 2 nitrogen and oxygen atoms in total. The van der Waals surface area contributed by atoms with Crippen LogP contribution in [0.15, 0.2) is 24.4 Å². The van der Waals surface area contributed by atoms with Gasteiger partial charge in [-0.05, 0) is 23.8 Å². The van der Waals surface area contributed by atoms with Crippen LogP contribution in [0.5, 0.6) is 0 Å². The molecule has 0 unspecified atom stereocenters. The Morgan fingerprint density at radius 3 is 2.33 bits per heavy atom. The summed E-state index contributed by atoms with van der Waals surface area (Å²) in [7, 11) is 0. The van der Waals surface area contributed by atoms with E-state index in [2.05, 4.69) is 4.98 Å². The van der Waals surface area contributed by atoms with Gasteiger partial charge in [-0.1, -0.05) is 46.4 Å². The van der Waals surface area contributed by atoms with Crippen molar-refractivity contribution < 1.29 is 5.11 Å². The zero-order chi connectivity index (χ0) is 13.3. The number of aromatic nitrogens is 1. The van der Waals surface area contributed by atoms with Gasteiger partial charge in [0, 0.05) is 11.8 Å². The van der Waals surface area contributed by atoms with E-state index < -0.39 is 0 Å². The van der Waals surface area contributed by atoms with Crippen LogP contribution >= 0.6 is 46.4 Å². The molecule has 2 rings (SSSR count). The van der Waals surface area contributed by atoms with E-state index in [-0.39, 0.29) is 6.61 Å². The highest BCUT2D eigenvalue weighted by Gasteiger charge is 2.14. The normalized spacial score (nSPS) is 10.7. The zero-order valence-corrected chi connectivity index (χ0v) is 11.9. The molecule has 0 bridgehead atoms. The standard InChI is InChI=1S/C12H7Cl4NO/c13-8-4-10(15)9(14)3-7(8)12-11(16)6(5-18)1-2-17-12/h1-4,18H,5H2. The van der Waals surface area contributed by atoms with Crippen molar-refractivity contribution in [2.24, 2.45) is 0 Å². The highest BCUT2D eigenvalue weighted by Crippen LogP contribution is 2.37. The van der Waals surface area contributed by atoms with Crippen molar-refractivity contribution in [1.29, 1.82) is 0 Å². The second kappa shape index (κ2) is 5.64. The summed E-state index contributed by atoms with van der Waals surface area (Å²) in [5, 5.41) is 10.6. The Kier molecular flexibility index (Phi) is 4.36. The Hall–Kier alpha value is -0.510. The van der Waals surface area contributed by atoms with Gasteiger partial charge in [0.1, 0.15) is 0 Å². The summed E-state index contributed by atoms with van der Waals surface area (Å²) in [6, 6.07) is 4.77. The fraction of sp³-hybridized carbons (Fsp3) is 0.0833. The number of benzene rings is 1. The first kappa shape index (κ1) is 13.9. The van der Waals surface area contributed by atoms with Crippen LogP contribution in [-0.2, 0) is 6.61 Å². The molecule has 0 amide bonds. The van der Waals surface area contributed by atoms with Gasteiger partial charge in [-0.25, -0.2) is 0 Å². The number of halogens is 4. The summed E-state index contributed by atoms with van der Waals surface area (Å²) in [6.07, 6.45) is 1.55.